The number of nitrogens with zero attached hydrogens (tertiary/aromatic N) is 1. The summed E-state index contributed by atoms with van der Waals surface area (Å²) in [7, 11) is 0. The van der Waals surface area contributed by atoms with Crippen molar-refractivity contribution in [1.29, 1.82) is 0 Å². The smallest absolute Gasteiger partial charge is 0.0593 e. The lowest BCUT2D eigenvalue weighted by Gasteiger charge is -2.52. The topological polar surface area (TPSA) is 24.5 Å². The molecule has 1 atom stereocenters. The Labute approximate surface area is 119 Å². The third kappa shape index (κ3) is 3.93. The lowest BCUT2D eigenvalue weighted by molar-refractivity contribution is -0.0113. The highest BCUT2D eigenvalue weighted by Gasteiger charge is 2.41. The van der Waals surface area contributed by atoms with Crippen LogP contribution < -0.4 is 5.32 Å². The van der Waals surface area contributed by atoms with Crippen LogP contribution in [0.2, 0.25) is 0 Å². The Bertz CT molecular complexity index is 251. The highest BCUT2D eigenvalue weighted by Crippen LogP contribution is 2.35. The second kappa shape index (κ2) is 7.61. The van der Waals surface area contributed by atoms with Gasteiger partial charge in [0.25, 0.3) is 0 Å². The first-order valence-corrected chi connectivity index (χ1v) is 8.37. The SMILES string of the molecule is CCCC1CN(CCOCC)C2(CCCCC2)CN1. The van der Waals surface area contributed by atoms with E-state index in [0.717, 1.165) is 19.8 Å². The molecule has 0 amide bonds. The van der Waals surface area contributed by atoms with Gasteiger partial charge >= 0.3 is 0 Å². The van der Waals surface area contributed by atoms with Gasteiger partial charge in [0.15, 0.2) is 0 Å². The Morgan fingerprint density at radius 2 is 2.00 bits per heavy atom. The van der Waals surface area contributed by atoms with Crippen LogP contribution in [0.3, 0.4) is 0 Å². The third-order valence-electron chi connectivity index (χ3n) is 4.96. The zero-order chi connectivity index (χ0) is 13.6. The Morgan fingerprint density at radius 3 is 2.68 bits per heavy atom. The maximum absolute atomic E-state index is 5.60. The molecule has 1 heterocycles. The number of nitrogens with one attached hydrogen (secondary N) is 1. The molecule has 0 radical (unpaired) electrons. The van der Waals surface area contributed by atoms with E-state index in [1.807, 2.05) is 0 Å². The highest BCUT2D eigenvalue weighted by molar-refractivity contribution is 5.00. The van der Waals surface area contributed by atoms with Crippen molar-refractivity contribution in [3.63, 3.8) is 0 Å². The fourth-order valence-corrected chi connectivity index (χ4v) is 3.86. The molecule has 1 aliphatic heterocycles. The van der Waals surface area contributed by atoms with Crippen LogP contribution in [0.25, 0.3) is 0 Å². The molecule has 2 aliphatic rings. The maximum atomic E-state index is 5.60. The minimum absolute atomic E-state index is 0.444. The zero-order valence-electron chi connectivity index (χ0n) is 12.9. The largest absolute Gasteiger partial charge is 0.380 e. The summed E-state index contributed by atoms with van der Waals surface area (Å²) in [6.45, 7) is 9.67. The molecular weight excluding hydrogens is 236 g/mol. The van der Waals surface area contributed by atoms with Gasteiger partial charge in [0, 0.05) is 37.8 Å². The molecular formula is C16H32N2O. The van der Waals surface area contributed by atoms with Crippen LogP contribution in [-0.4, -0.2) is 49.3 Å². The van der Waals surface area contributed by atoms with E-state index in [1.165, 1.54) is 58.0 Å². The van der Waals surface area contributed by atoms with Crippen LogP contribution in [0.5, 0.6) is 0 Å². The van der Waals surface area contributed by atoms with Crippen LogP contribution in [-0.2, 0) is 4.74 Å². The number of piperazine rings is 1. The van der Waals surface area contributed by atoms with Crippen molar-refractivity contribution in [3.8, 4) is 0 Å². The van der Waals surface area contributed by atoms with E-state index in [4.69, 9.17) is 4.74 Å². The van der Waals surface area contributed by atoms with Gasteiger partial charge in [-0.1, -0.05) is 32.6 Å². The Hall–Kier alpha value is -0.120. The highest BCUT2D eigenvalue weighted by atomic mass is 16.5. The van der Waals surface area contributed by atoms with Crippen LogP contribution in [0.15, 0.2) is 0 Å². The summed E-state index contributed by atoms with van der Waals surface area (Å²) in [5.74, 6) is 0. The molecule has 112 valence electrons. The van der Waals surface area contributed by atoms with Gasteiger partial charge in [-0.25, -0.2) is 0 Å². The Balaban J connectivity index is 1.95. The number of rotatable bonds is 6. The van der Waals surface area contributed by atoms with E-state index >= 15 is 0 Å². The van der Waals surface area contributed by atoms with Crippen molar-refractivity contribution in [2.45, 2.75) is 70.4 Å². The average molecular weight is 268 g/mol. The van der Waals surface area contributed by atoms with Crippen LogP contribution in [0, 0.1) is 0 Å². The molecule has 3 heteroatoms. The number of hydrogen-bond acceptors (Lipinski definition) is 3. The van der Waals surface area contributed by atoms with Gasteiger partial charge in [-0.2, -0.15) is 0 Å². The molecule has 1 saturated carbocycles. The van der Waals surface area contributed by atoms with E-state index in [0.29, 0.717) is 11.6 Å². The normalized spacial score (nSPS) is 27.8. The summed E-state index contributed by atoms with van der Waals surface area (Å²) in [6.07, 6.45) is 9.59. The second-order valence-corrected chi connectivity index (χ2v) is 6.29. The molecule has 2 fully saturated rings. The minimum atomic E-state index is 0.444. The van der Waals surface area contributed by atoms with Crippen molar-refractivity contribution in [1.82, 2.24) is 10.2 Å². The fraction of sp³-hybridized carbons (Fsp3) is 1.00. The molecule has 19 heavy (non-hydrogen) atoms. The van der Waals surface area contributed by atoms with Crippen molar-refractivity contribution in [2.75, 3.05) is 32.8 Å². The quantitative estimate of drug-likeness (QED) is 0.750. The molecule has 1 aliphatic carbocycles. The molecule has 0 aromatic rings. The van der Waals surface area contributed by atoms with Gasteiger partial charge in [0.2, 0.25) is 0 Å². The molecule has 1 saturated heterocycles. The van der Waals surface area contributed by atoms with Crippen molar-refractivity contribution in [2.24, 2.45) is 0 Å². The lowest BCUT2D eigenvalue weighted by atomic mass is 9.78. The predicted molar refractivity (Wildman–Crippen MR) is 80.6 cm³/mol. The molecule has 1 N–H and O–H groups in total. The van der Waals surface area contributed by atoms with Crippen molar-refractivity contribution >= 4 is 0 Å². The standard InChI is InChI=1S/C16H32N2O/c1-3-8-15-13-18(11-12-19-4-2)16(14-17-15)9-6-5-7-10-16/h15,17H,3-14H2,1-2H3. The molecule has 1 unspecified atom stereocenters. The maximum Gasteiger partial charge on any atom is 0.0593 e. The zero-order valence-corrected chi connectivity index (χ0v) is 12.9. The third-order valence-corrected chi connectivity index (χ3v) is 4.96. The van der Waals surface area contributed by atoms with Gasteiger partial charge in [-0.3, -0.25) is 4.90 Å². The predicted octanol–water partition coefficient (Wildman–Crippen LogP) is 2.80. The van der Waals surface area contributed by atoms with E-state index in [1.54, 1.807) is 0 Å². The molecule has 0 aromatic heterocycles. The lowest BCUT2D eigenvalue weighted by Crippen LogP contribution is -2.65. The van der Waals surface area contributed by atoms with Gasteiger partial charge in [0.05, 0.1) is 6.61 Å². The van der Waals surface area contributed by atoms with Crippen LogP contribution >= 0.6 is 0 Å². The number of ether oxygens (including phenoxy) is 1. The summed E-state index contributed by atoms with van der Waals surface area (Å²) >= 11 is 0. The fourth-order valence-electron chi connectivity index (χ4n) is 3.86. The van der Waals surface area contributed by atoms with E-state index in [9.17, 15) is 0 Å². The minimum Gasteiger partial charge on any atom is -0.380 e. The van der Waals surface area contributed by atoms with Gasteiger partial charge in [-0.05, 0) is 26.2 Å². The summed E-state index contributed by atoms with van der Waals surface area (Å²) in [5.41, 5.74) is 0.444. The van der Waals surface area contributed by atoms with E-state index in [2.05, 4.69) is 24.1 Å². The number of hydrogen-bond donors (Lipinski definition) is 1. The van der Waals surface area contributed by atoms with E-state index < -0.39 is 0 Å². The molecule has 1 spiro atoms. The average Bonchev–Trinajstić information content (AvgIpc) is 2.44. The first-order chi connectivity index (χ1) is 9.30. The van der Waals surface area contributed by atoms with Gasteiger partial charge in [-0.15, -0.1) is 0 Å². The molecule has 0 aromatic carbocycles. The Morgan fingerprint density at radius 1 is 1.21 bits per heavy atom. The molecule has 0 bridgehead atoms. The van der Waals surface area contributed by atoms with Crippen molar-refractivity contribution < 1.29 is 4.74 Å². The van der Waals surface area contributed by atoms with Crippen LogP contribution in [0.4, 0.5) is 0 Å². The van der Waals surface area contributed by atoms with Crippen LogP contribution in [0.1, 0.15) is 58.8 Å². The summed E-state index contributed by atoms with van der Waals surface area (Å²) in [5, 5.41) is 3.82. The summed E-state index contributed by atoms with van der Waals surface area (Å²) in [4.78, 5) is 2.76. The molecule has 3 nitrogen and oxygen atoms in total. The van der Waals surface area contributed by atoms with Crippen molar-refractivity contribution in [3.05, 3.63) is 0 Å². The first kappa shape index (κ1) is 15.3. The summed E-state index contributed by atoms with van der Waals surface area (Å²) < 4.78 is 5.60. The first-order valence-electron chi connectivity index (χ1n) is 8.37. The van der Waals surface area contributed by atoms with Gasteiger partial charge in [0.1, 0.15) is 0 Å². The molecule has 2 rings (SSSR count). The monoisotopic (exact) mass is 268 g/mol. The Kier molecular flexibility index (Phi) is 6.11. The van der Waals surface area contributed by atoms with Gasteiger partial charge < -0.3 is 10.1 Å². The van der Waals surface area contributed by atoms with E-state index in [-0.39, 0.29) is 0 Å². The second-order valence-electron chi connectivity index (χ2n) is 6.29. The summed E-state index contributed by atoms with van der Waals surface area (Å²) in [6, 6.07) is 0.694.